The van der Waals surface area contributed by atoms with E-state index < -0.39 is 0 Å². The Bertz CT molecular complexity index is 338. The number of rotatable bonds is 4. The van der Waals surface area contributed by atoms with Crippen molar-refractivity contribution in [3.63, 3.8) is 0 Å². The molecule has 0 aromatic carbocycles. The molecule has 0 saturated heterocycles. The van der Waals surface area contributed by atoms with Gasteiger partial charge in [-0.05, 0) is 24.7 Å². The number of pyridine rings is 1. The Morgan fingerprint density at radius 3 is 2.60 bits per heavy atom. The van der Waals surface area contributed by atoms with E-state index in [2.05, 4.69) is 10.3 Å². The number of hydrogen-bond donors (Lipinski definition) is 1. The number of ether oxygens (including phenoxy) is 1. The predicted molar refractivity (Wildman–Crippen MR) is 58.0 cm³/mol. The summed E-state index contributed by atoms with van der Waals surface area (Å²) in [6.45, 7) is 0.315. The Kier molecular flexibility index (Phi) is 4.81. The summed E-state index contributed by atoms with van der Waals surface area (Å²) >= 11 is 11.4. The average molecular weight is 249 g/mol. The number of carbonyl (C=O) groups is 1. The van der Waals surface area contributed by atoms with Crippen LogP contribution in [-0.4, -0.2) is 24.5 Å². The molecule has 82 valence electrons. The van der Waals surface area contributed by atoms with Crippen LogP contribution in [0, 0.1) is 0 Å². The van der Waals surface area contributed by atoms with E-state index in [9.17, 15) is 4.79 Å². The zero-order valence-electron chi connectivity index (χ0n) is 8.09. The van der Waals surface area contributed by atoms with Crippen LogP contribution in [0.1, 0.15) is 5.56 Å². The second-order valence-electron chi connectivity index (χ2n) is 2.81. The summed E-state index contributed by atoms with van der Waals surface area (Å²) in [5.74, 6) is -0.332. The lowest BCUT2D eigenvalue weighted by Gasteiger charge is -2.04. The minimum Gasteiger partial charge on any atom is -0.460 e. The predicted octanol–water partition coefficient (Wildman–Crippen LogP) is 1.65. The van der Waals surface area contributed by atoms with Gasteiger partial charge in [0, 0.05) is 0 Å². The molecule has 0 fully saturated rings. The lowest BCUT2D eigenvalue weighted by atomic mass is 10.3. The maximum Gasteiger partial charge on any atom is 0.320 e. The van der Waals surface area contributed by atoms with Crippen molar-refractivity contribution < 1.29 is 9.53 Å². The molecule has 4 nitrogen and oxygen atoms in total. The third kappa shape index (κ3) is 4.46. The second-order valence-corrected chi connectivity index (χ2v) is 3.59. The monoisotopic (exact) mass is 248 g/mol. The highest BCUT2D eigenvalue weighted by molar-refractivity contribution is 6.32. The van der Waals surface area contributed by atoms with E-state index in [0.29, 0.717) is 5.56 Å². The molecule has 0 aliphatic heterocycles. The number of esters is 1. The first-order chi connectivity index (χ1) is 7.11. The lowest BCUT2D eigenvalue weighted by molar-refractivity contribution is -0.143. The van der Waals surface area contributed by atoms with Crippen molar-refractivity contribution in [2.75, 3.05) is 13.6 Å². The molecule has 0 aliphatic rings. The van der Waals surface area contributed by atoms with Crippen LogP contribution in [0.3, 0.4) is 0 Å². The van der Waals surface area contributed by atoms with Gasteiger partial charge in [0.1, 0.15) is 16.9 Å². The topological polar surface area (TPSA) is 51.2 Å². The summed E-state index contributed by atoms with van der Waals surface area (Å²) in [5, 5.41) is 3.25. The van der Waals surface area contributed by atoms with Crippen molar-refractivity contribution in [2.45, 2.75) is 6.61 Å². The molecule has 1 heterocycles. The van der Waals surface area contributed by atoms with Crippen LogP contribution in [0.5, 0.6) is 0 Å². The molecule has 0 spiro atoms. The fourth-order valence-corrected chi connectivity index (χ4v) is 1.46. The zero-order valence-corrected chi connectivity index (χ0v) is 9.60. The summed E-state index contributed by atoms with van der Waals surface area (Å²) in [6, 6.07) is 3.19. The molecule has 0 saturated carbocycles. The number of hydrogen-bond acceptors (Lipinski definition) is 4. The van der Waals surface area contributed by atoms with Gasteiger partial charge in [0.2, 0.25) is 0 Å². The molecule has 0 amide bonds. The van der Waals surface area contributed by atoms with Gasteiger partial charge < -0.3 is 10.1 Å². The first-order valence-corrected chi connectivity index (χ1v) is 4.99. The van der Waals surface area contributed by atoms with Crippen molar-refractivity contribution in [3.8, 4) is 0 Å². The lowest BCUT2D eigenvalue weighted by Crippen LogP contribution is -2.20. The van der Waals surface area contributed by atoms with Gasteiger partial charge in [0.05, 0.1) is 6.54 Å². The molecular formula is C9H10Cl2N2O2. The van der Waals surface area contributed by atoms with Crippen molar-refractivity contribution in [1.29, 1.82) is 0 Å². The van der Waals surface area contributed by atoms with Crippen molar-refractivity contribution in [2.24, 2.45) is 0 Å². The van der Waals surface area contributed by atoms with Crippen molar-refractivity contribution >= 4 is 29.2 Å². The van der Waals surface area contributed by atoms with E-state index in [1.165, 1.54) is 0 Å². The van der Waals surface area contributed by atoms with E-state index in [-0.39, 0.29) is 29.4 Å². The van der Waals surface area contributed by atoms with Crippen LogP contribution in [0.2, 0.25) is 10.3 Å². The van der Waals surface area contributed by atoms with Gasteiger partial charge in [0.25, 0.3) is 0 Å². The Morgan fingerprint density at radius 2 is 2.07 bits per heavy atom. The van der Waals surface area contributed by atoms with Crippen molar-refractivity contribution in [1.82, 2.24) is 10.3 Å². The average Bonchev–Trinajstić information content (AvgIpc) is 2.14. The Balaban J connectivity index is 2.54. The summed E-state index contributed by atoms with van der Waals surface area (Å²) in [5.41, 5.74) is 0.712. The molecule has 0 bridgehead atoms. The number of aromatic nitrogens is 1. The zero-order chi connectivity index (χ0) is 11.3. The van der Waals surface area contributed by atoms with E-state index in [1.807, 2.05) is 0 Å². The van der Waals surface area contributed by atoms with Crippen LogP contribution >= 0.6 is 23.2 Å². The number of likely N-dealkylation sites (N-methyl/N-ethyl adjacent to an activating group) is 1. The molecule has 1 rings (SSSR count). The molecule has 1 aromatic heterocycles. The maximum atomic E-state index is 11.0. The van der Waals surface area contributed by atoms with E-state index >= 15 is 0 Å². The Hall–Kier alpha value is -0.840. The molecule has 0 unspecified atom stereocenters. The van der Waals surface area contributed by atoms with Gasteiger partial charge in [-0.1, -0.05) is 23.2 Å². The normalized spacial score (nSPS) is 10.1. The van der Waals surface area contributed by atoms with Crippen LogP contribution < -0.4 is 5.32 Å². The Labute approximate surface area is 97.5 Å². The fraction of sp³-hybridized carbons (Fsp3) is 0.333. The first-order valence-electron chi connectivity index (χ1n) is 4.24. The molecule has 1 aromatic rings. The van der Waals surface area contributed by atoms with Gasteiger partial charge in [-0.3, -0.25) is 4.79 Å². The van der Waals surface area contributed by atoms with Crippen LogP contribution in [-0.2, 0) is 16.1 Å². The van der Waals surface area contributed by atoms with Gasteiger partial charge in [-0.25, -0.2) is 4.98 Å². The first kappa shape index (κ1) is 12.2. The molecule has 6 heteroatoms. The smallest absolute Gasteiger partial charge is 0.320 e. The van der Waals surface area contributed by atoms with Crippen molar-refractivity contribution in [3.05, 3.63) is 28.0 Å². The highest BCUT2D eigenvalue weighted by Gasteiger charge is 2.03. The number of carbonyl (C=O) groups excluding carboxylic acids is 1. The number of nitrogens with one attached hydrogen (secondary N) is 1. The standard InChI is InChI=1S/C9H10Cl2N2O2/c1-12-4-9(14)15-5-6-2-7(10)13-8(11)3-6/h2-3,12H,4-5H2,1H3. The molecule has 0 radical (unpaired) electrons. The molecular weight excluding hydrogens is 239 g/mol. The van der Waals surface area contributed by atoms with Crippen LogP contribution in [0.4, 0.5) is 0 Å². The Morgan fingerprint density at radius 1 is 1.47 bits per heavy atom. The third-order valence-corrected chi connectivity index (χ3v) is 1.93. The van der Waals surface area contributed by atoms with E-state index in [4.69, 9.17) is 27.9 Å². The van der Waals surface area contributed by atoms with Crippen LogP contribution in [0.25, 0.3) is 0 Å². The van der Waals surface area contributed by atoms with E-state index in [0.717, 1.165) is 0 Å². The highest BCUT2D eigenvalue weighted by atomic mass is 35.5. The number of nitrogens with zero attached hydrogens (tertiary/aromatic N) is 1. The quantitative estimate of drug-likeness (QED) is 0.651. The second kappa shape index (κ2) is 5.90. The fourth-order valence-electron chi connectivity index (χ4n) is 0.957. The summed E-state index contributed by atoms with van der Waals surface area (Å²) < 4.78 is 4.93. The molecule has 0 aliphatic carbocycles. The largest absolute Gasteiger partial charge is 0.460 e. The SMILES string of the molecule is CNCC(=O)OCc1cc(Cl)nc(Cl)c1. The summed E-state index contributed by atoms with van der Waals surface area (Å²) in [7, 11) is 1.67. The maximum absolute atomic E-state index is 11.0. The van der Waals surface area contributed by atoms with Gasteiger partial charge in [-0.15, -0.1) is 0 Å². The summed E-state index contributed by atoms with van der Waals surface area (Å²) in [4.78, 5) is 14.8. The highest BCUT2D eigenvalue weighted by Crippen LogP contribution is 2.15. The minimum atomic E-state index is -0.332. The van der Waals surface area contributed by atoms with Gasteiger partial charge in [-0.2, -0.15) is 0 Å². The van der Waals surface area contributed by atoms with Gasteiger partial charge in [0.15, 0.2) is 0 Å². The van der Waals surface area contributed by atoms with Crippen LogP contribution in [0.15, 0.2) is 12.1 Å². The molecule has 15 heavy (non-hydrogen) atoms. The third-order valence-electron chi connectivity index (χ3n) is 1.54. The van der Waals surface area contributed by atoms with E-state index in [1.54, 1.807) is 19.2 Å². The number of halogens is 2. The van der Waals surface area contributed by atoms with Gasteiger partial charge >= 0.3 is 5.97 Å². The molecule has 1 N–H and O–H groups in total. The summed E-state index contributed by atoms with van der Waals surface area (Å²) in [6.07, 6.45) is 0. The minimum absolute atomic E-state index is 0.141. The molecule has 0 atom stereocenters.